The summed E-state index contributed by atoms with van der Waals surface area (Å²) in [5.74, 6) is 1.38. The van der Waals surface area contributed by atoms with E-state index in [-0.39, 0.29) is 5.91 Å². The second-order valence-electron chi connectivity index (χ2n) is 4.80. The number of aromatic nitrogens is 1. The Bertz CT molecular complexity index is 612. The molecule has 0 aliphatic heterocycles. The van der Waals surface area contributed by atoms with E-state index >= 15 is 0 Å². The van der Waals surface area contributed by atoms with Crippen LogP contribution in [0.1, 0.15) is 17.5 Å². The van der Waals surface area contributed by atoms with Crippen molar-refractivity contribution < 1.29 is 14.3 Å². The number of hydrogen-bond acceptors (Lipinski definition) is 4. The monoisotopic (exact) mass is 300 g/mol. The Balaban J connectivity index is 1.80. The molecule has 2 aromatic rings. The lowest BCUT2D eigenvalue weighted by molar-refractivity contribution is -0.121. The number of methoxy groups -OCH3 is 2. The lowest BCUT2D eigenvalue weighted by Crippen LogP contribution is -2.23. The Morgan fingerprint density at radius 1 is 1.14 bits per heavy atom. The molecule has 0 fully saturated rings. The quantitative estimate of drug-likeness (QED) is 0.852. The van der Waals surface area contributed by atoms with Crippen LogP contribution in [0.2, 0.25) is 0 Å². The first-order chi connectivity index (χ1) is 10.7. The summed E-state index contributed by atoms with van der Waals surface area (Å²) in [5.41, 5.74) is 1.97. The molecule has 5 heteroatoms. The standard InChI is InChI=1S/C17H20N2O3/c1-21-15-6-4-3-5-14(15)8-9-16(20)18-11-13-7-10-17(22-2)19-12-13/h3-7,10,12H,8-9,11H2,1-2H3,(H,18,20). The maximum atomic E-state index is 11.9. The van der Waals surface area contributed by atoms with Gasteiger partial charge in [-0.25, -0.2) is 4.98 Å². The van der Waals surface area contributed by atoms with Crippen LogP contribution >= 0.6 is 0 Å². The van der Waals surface area contributed by atoms with Gasteiger partial charge >= 0.3 is 0 Å². The van der Waals surface area contributed by atoms with Gasteiger partial charge in [-0.2, -0.15) is 0 Å². The molecule has 1 amide bonds. The highest BCUT2D eigenvalue weighted by molar-refractivity contribution is 5.76. The first kappa shape index (κ1) is 15.8. The zero-order chi connectivity index (χ0) is 15.8. The molecule has 0 aliphatic carbocycles. The van der Waals surface area contributed by atoms with E-state index in [1.165, 1.54) is 0 Å². The fourth-order valence-corrected chi connectivity index (χ4v) is 2.08. The molecule has 2 rings (SSSR count). The number of ether oxygens (including phenoxy) is 2. The summed E-state index contributed by atoms with van der Waals surface area (Å²) in [4.78, 5) is 16.0. The Hall–Kier alpha value is -2.56. The van der Waals surface area contributed by atoms with E-state index in [9.17, 15) is 4.79 Å². The van der Waals surface area contributed by atoms with Gasteiger partial charge in [0.25, 0.3) is 0 Å². The van der Waals surface area contributed by atoms with Gasteiger partial charge in [0.2, 0.25) is 11.8 Å². The molecule has 0 radical (unpaired) electrons. The molecule has 1 heterocycles. The molecule has 1 aromatic heterocycles. The first-order valence-corrected chi connectivity index (χ1v) is 7.10. The highest BCUT2D eigenvalue weighted by Gasteiger charge is 2.06. The van der Waals surface area contributed by atoms with Crippen LogP contribution in [0.15, 0.2) is 42.6 Å². The summed E-state index contributed by atoms with van der Waals surface area (Å²) in [6.07, 6.45) is 2.76. The Morgan fingerprint density at radius 3 is 2.64 bits per heavy atom. The number of benzene rings is 1. The zero-order valence-corrected chi connectivity index (χ0v) is 12.8. The van der Waals surface area contributed by atoms with Crippen LogP contribution in [-0.4, -0.2) is 25.1 Å². The van der Waals surface area contributed by atoms with Gasteiger partial charge in [0.1, 0.15) is 5.75 Å². The SMILES string of the molecule is COc1ccc(CNC(=O)CCc2ccccc2OC)cn1. The van der Waals surface area contributed by atoms with Crippen LogP contribution in [0.3, 0.4) is 0 Å². The molecule has 0 spiro atoms. The third-order valence-electron chi connectivity index (χ3n) is 3.31. The van der Waals surface area contributed by atoms with Crippen LogP contribution in [0.4, 0.5) is 0 Å². The number of carbonyl (C=O) groups excluding carboxylic acids is 1. The molecule has 1 aromatic carbocycles. The molecule has 0 saturated heterocycles. The minimum atomic E-state index is 0.00160. The van der Waals surface area contributed by atoms with Crippen molar-refractivity contribution in [2.24, 2.45) is 0 Å². The van der Waals surface area contributed by atoms with Crippen molar-refractivity contribution in [1.82, 2.24) is 10.3 Å². The number of nitrogens with one attached hydrogen (secondary N) is 1. The number of pyridine rings is 1. The van der Waals surface area contributed by atoms with Crippen molar-refractivity contribution in [3.8, 4) is 11.6 Å². The van der Waals surface area contributed by atoms with Crippen molar-refractivity contribution in [2.75, 3.05) is 14.2 Å². The van der Waals surface area contributed by atoms with Gasteiger partial charge in [-0.3, -0.25) is 4.79 Å². The van der Waals surface area contributed by atoms with Crippen LogP contribution in [0.25, 0.3) is 0 Å². The summed E-state index contributed by atoms with van der Waals surface area (Å²) in [6.45, 7) is 0.460. The normalized spacial score (nSPS) is 10.1. The number of rotatable bonds is 7. The molecule has 0 atom stereocenters. The predicted molar refractivity (Wildman–Crippen MR) is 84.0 cm³/mol. The molecule has 0 bridgehead atoms. The van der Waals surface area contributed by atoms with E-state index in [2.05, 4.69) is 10.3 Å². The summed E-state index contributed by atoms with van der Waals surface area (Å²) in [6, 6.07) is 11.4. The molecule has 0 unspecified atom stereocenters. The van der Waals surface area contributed by atoms with Gasteiger partial charge in [-0.15, -0.1) is 0 Å². The highest BCUT2D eigenvalue weighted by Crippen LogP contribution is 2.18. The van der Waals surface area contributed by atoms with E-state index in [4.69, 9.17) is 9.47 Å². The van der Waals surface area contributed by atoms with Crippen molar-refractivity contribution in [3.63, 3.8) is 0 Å². The van der Waals surface area contributed by atoms with E-state index < -0.39 is 0 Å². The average Bonchev–Trinajstić information content (AvgIpc) is 2.58. The molecule has 0 aliphatic rings. The Labute approximate surface area is 130 Å². The molecule has 22 heavy (non-hydrogen) atoms. The van der Waals surface area contributed by atoms with Gasteiger partial charge < -0.3 is 14.8 Å². The van der Waals surface area contributed by atoms with Crippen LogP contribution in [0.5, 0.6) is 11.6 Å². The topological polar surface area (TPSA) is 60.5 Å². The van der Waals surface area contributed by atoms with Gasteiger partial charge in [-0.1, -0.05) is 24.3 Å². The Morgan fingerprint density at radius 2 is 1.95 bits per heavy atom. The molecular formula is C17H20N2O3. The van der Waals surface area contributed by atoms with Crippen molar-refractivity contribution in [2.45, 2.75) is 19.4 Å². The maximum Gasteiger partial charge on any atom is 0.220 e. The minimum Gasteiger partial charge on any atom is -0.496 e. The van der Waals surface area contributed by atoms with E-state index in [1.807, 2.05) is 30.3 Å². The lowest BCUT2D eigenvalue weighted by Gasteiger charge is -2.08. The maximum absolute atomic E-state index is 11.9. The number of amides is 1. The molecule has 5 nitrogen and oxygen atoms in total. The fourth-order valence-electron chi connectivity index (χ4n) is 2.08. The van der Waals surface area contributed by atoms with E-state index in [0.717, 1.165) is 16.9 Å². The van der Waals surface area contributed by atoms with Crippen LogP contribution < -0.4 is 14.8 Å². The second-order valence-corrected chi connectivity index (χ2v) is 4.80. The molecular weight excluding hydrogens is 280 g/mol. The van der Waals surface area contributed by atoms with Crippen LogP contribution in [0, 0.1) is 0 Å². The van der Waals surface area contributed by atoms with Crippen molar-refractivity contribution in [1.29, 1.82) is 0 Å². The summed E-state index contributed by atoms with van der Waals surface area (Å²) < 4.78 is 10.3. The Kier molecular flexibility index (Phi) is 5.77. The third kappa shape index (κ3) is 4.48. The lowest BCUT2D eigenvalue weighted by atomic mass is 10.1. The largest absolute Gasteiger partial charge is 0.496 e. The van der Waals surface area contributed by atoms with Crippen molar-refractivity contribution >= 4 is 5.91 Å². The molecule has 1 N–H and O–H groups in total. The molecule has 116 valence electrons. The predicted octanol–water partition coefficient (Wildman–Crippen LogP) is 2.35. The number of carbonyl (C=O) groups is 1. The summed E-state index contributed by atoms with van der Waals surface area (Å²) in [5, 5.41) is 2.88. The van der Waals surface area contributed by atoms with Gasteiger partial charge in [0.15, 0.2) is 0 Å². The molecule has 0 saturated carbocycles. The average molecular weight is 300 g/mol. The smallest absolute Gasteiger partial charge is 0.220 e. The number of para-hydroxylation sites is 1. The highest BCUT2D eigenvalue weighted by atomic mass is 16.5. The second kappa shape index (κ2) is 8.02. The first-order valence-electron chi connectivity index (χ1n) is 7.10. The fraction of sp³-hybridized carbons (Fsp3) is 0.294. The van der Waals surface area contributed by atoms with Crippen molar-refractivity contribution in [3.05, 3.63) is 53.7 Å². The van der Waals surface area contributed by atoms with Gasteiger partial charge in [-0.05, 0) is 23.6 Å². The number of hydrogen-bond donors (Lipinski definition) is 1. The van der Waals surface area contributed by atoms with Gasteiger partial charge in [0, 0.05) is 25.2 Å². The minimum absolute atomic E-state index is 0.00160. The van der Waals surface area contributed by atoms with E-state index in [0.29, 0.717) is 25.3 Å². The number of aryl methyl sites for hydroxylation is 1. The zero-order valence-electron chi connectivity index (χ0n) is 12.8. The summed E-state index contributed by atoms with van der Waals surface area (Å²) in [7, 11) is 3.21. The summed E-state index contributed by atoms with van der Waals surface area (Å²) >= 11 is 0. The van der Waals surface area contributed by atoms with E-state index in [1.54, 1.807) is 26.5 Å². The number of nitrogens with zero attached hydrogens (tertiary/aromatic N) is 1. The van der Waals surface area contributed by atoms with Crippen LogP contribution in [-0.2, 0) is 17.8 Å². The third-order valence-corrected chi connectivity index (χ3v) is 3.31. The van der Waals surface area contributed by atoms with Gasteiger partial charge in [0.05, 0.1) is 14.2 Å².